The average molecular weight is 296 g/mol. The van der Waals surface area contributed by atoms with Crippen molar-refractivity contribution in [2.45, 2.75) is 89.4 Å². The fourth-order valence-corrected chi connectivity index (χ4v) is 5.01. The van der Waals surface area contributed by atoms with E-state index in [1.54, 1.807) is 0 Å². The summed E-state index contributed by atoms with van der Waals surface area (Å²) in [5.74, 6) is 0.629. The van der Waals surface area contributed by atoms with Crippen LogP contribution in [0.5, 0.6) is 0 Å². The zero-order valence-electron chi connectivity index (χ0n) is 13.8. The van der Waals surface area contributed by atoms with Crippen molar-refractivity contribution in [3.63, 3.8) is 0 Å². The molecule has 0 radical (unpaired) electrons. The van der Waals surface area contributed by atoms with Crippen LogP contribution in [-0.2, 0) is 9.47 Å². The first-order chi connectivity index (χ1) is 9.91. The van der Waals surface area contributed by atoms with E-state index in [0.29, 0.717) is 5.41 Å². The third kappa shape index (κ3) is 3.80. The van der Waals surface area contributed by atoms with Crippen molar-refractivity contribution >= 4 is 0 Å². The molecule has 3 heteroatoms. The summed E-state index contributed by atoms with van der Waals surface area (Å²) >= 11 is 0. The molecule has 0 amide bonds. The van der Waals surface area contributed by atoms with Crippen LogP contribution >= 0.6 is 0 Å². The smallest absolute Gasteiger partial charge is 0.169 e. The van der Waals surface area contributed by atoms with Gasteiger partial charge in [0, 0.05) is 12.8 Å². The molecule has 3 aliphatic rings. The second kappa shape index (κ2) is 5.82. The minimum Gasteiger partial charge on any atom is -0.390 e. The molecule has 21 heavy (non-hydrogen) atoms. The van der Waals surface area contributed by atoms with E-state index in [4.69, 9.17) is 9.47 Å². The zero-order valence-corrected chi connectivity index (χ0v) is 13.8. The van der Waals surface area contributed by atoms with Crippen molar-refractivity contribution in [2.75, 3.05) is 13.2 Å². The van der Waals surface area contributed by atoms with E-state index < -0.39 is 5.60 Å². The minimum atomic E-state index is -0.503. The van der Waals surface area contributed by atoms with E-state index in [9.17, 15) is 5.11 Å². The lowest BCUT2D eigenvalue weighted by molar-refractivity contribution is -0.201. The predicted molar refractivity (Wildman–Crippen MR) is 83.0 cm³/mol. The molecule has 1 saturated heterocycles. The Morgan fingerprint density at radius 1 is 1.14 bits per heavy atom. The first-order valence-corrected chi connectivity index (χ1v) is 8.91. The third-order valence-corrected chi connectivity index (χ3v) is 5.93. The number of aliphatic hydroxyl groups is 1. The Hall–Kier alpha value is -0.120. The highest BCUT2D eigenvalue weighted by molar-refractivity contribution is 4.97. The summed E-state index contributed by atoms with van der Waals surface area (Å²) in [4.78, 5) is 0. The Balaban J connectivity index is 1.51. The maximum absolute atomic E-state index is 9.84. The van der Waals surface area contributed by atoms with Crippen LogP contribution in [0.1, 0.15) is 78.1 Å². The lowest BCUT2D eigenvalue weighted by Crippen LogP contribution is -2.41. The van der Waals surface area contributed by atoms with Crippen LogP contribution in [0.25, 0.3) is 0 Å². The van der Waals surface area contributed by atoms with Crippen LogP contribution in [0.2, 0.25) is 0 Å². The van der Waals surface area contributed by atoms with E-state index >= 15 is 0 Å². The summed E-state index contributed by atoms with van der Waals surface area (Å²) in [6.45, 7) is 5.40. The van der Waals surface area contributed by atoms with Crippen LogP contribution in [0, 0.1) is 11.3 Å². The lowest BCUT2D eigenvalue weighted by atomic mass is 9.69. The van der Waals surface area contributed by atoms with Crippen LogP contribution in [-0.4, -0.2) is 29.7 Å². The van der Waals surface area contributed by atoms with E-state index in [0.717, 1.165) is 44.8 Å². The Labute approximate surface area is 129 Å². The van der Waals surface area contributed by atoms with Crippen molar-refractivity contribution in [3.05, 3.63) is 0 Å². The summed E-state index contributed by atoms with van der Waals surface area (Å²) in [5.41, 5.74) is -0.0152. The molecule has 0 bridgehead atoms. The Bertz CT molecular complexity index is 354. The van der Waals surface area contributed by atoms with Gasteiger partial charge in [0.25, 0.3) is 0 Å². The van der Waals surface area contributed by atoms with Gasteiger partial charge in [0.1, 0.15) is 0 Å². The maximum atomic E-state index is 9.84. The van der Waals surface area contributed by atoms with Gasteiger partial charge in [-0.2, -0.15) is 0 Å². The minimum absolute atomic E-state index is 0.222. The summed E-state index contributed by atoms with van der Waals surface area (Å²) in [5, 5.41) is 9.84. The molecule has 3 fully saturated rings. The van der Waals surface area contributed by atoms with Crippen LogP contribution in [0.4, 0.5) is 0 Å². The van der Waals surface area contributed by atoms with Gasteiger partial charge >= 0.3 is 0 Å². The second-order valence-electron chi connectivity index (χ2n) is 8.45. The molecular formula is C18H32O3. The van der Waals surface area contributed by atoms with Crippen molar-refractivity contribution in [2.24, 2.45) is 11.3 Å². The van der Waals surface area contributed by atoms with E-state index in [1.165, 1.54) is 38.5 Å². The van der Waals surface area contributed by atoms with Crippen LogP contribution in [0.3, 0.4) is 0 Å². The highest BCUT2D eigenvalue weighted by atomic mass is 16.7. The second-order valence-corrected chi connectivity index (χ2v) is 8.45. The molecule has 1 aliphatic heterocycles. The molecule has 2 aliphatic carbocycles. The predicted octanol–water partition coefficient (Wildman–Crippen LogP) is 4.03. The first-order valence-electron chi connectivity index (χ1n) is 8.91. The van der Waals surface area contributed by atoms with Gasteiger partial charge in [0.2, 0.25) is 0 Å². The average Bonchev–Trinajstić information content (AvgIpc) is 2.97. The van der Waals surface area contributed by atoms with E-state index in [1.807, 2.05) is 13.8 Å². The van der Waals surface area contributed by atoms with Gasteiger partial charge in [-0.25, -0.2) is 0 Å². The highest BCUT2D eigenvalue weighted by Crippen LogP contribution is 2.56. The van der Waals surface area contributed by atoms with E-state index in [-0.39, 0.29) is 5.79 Å². The van der Waals surface area contributed by atoms with Gasteiger partial charge in [0.05, 0.1) is 18.8 Å². The number of rotatable bonds is 4. The lowest BCUT2D eigenvalue weighted by Gasteiger charge is -2.43. The zero-order chi connectivity index (χ0) is 15.0. The topological polar surface area (TPSA) is 38.7 Å². The van der Waals surface area contributed by atoms with Gasteiger partial charge in [-0.15, -0.1) is 0 Å². The molecule has 1 N–H and O–H groups in total. The van der Waals surface area contributed by atoms with E-state index in [2.05, 4.69) is 0 Å². The Morgan fingerprint density at radius 3 is 2.62 bits per heavy atom. The molecule has 0 aromatic heterocycles. The van der Waals surface area contributed by atoms with Gasteiger partial charge in [-0.1, -0.05) is 12.8 Å². The number of ether oxygens (including phenoxy) is 2. The molecule has 0 aromatic rings. The Morgan fingerprint density at radius 2 is 1.90 bits per heavy atom. The van der Waals surface area contributed by atoms with Crippen molar-refractivity contribution in [1.29, 1.82) is 0 Å². The monoisotopic (exact) mass is 296 g/mol. The molecule has 2 saturated carbocycles. The van der Waals surface area contributed by atoms with Crippen molar-refractivity contribution < 1.29 is 14.6 Å². The highest BCUT2D eigenvalue weighted by Gasteiger charge is 2.50. The number of hydrogen-bond acceptors (Lipinski definition) is 3. The summed E-state index contributed by atoms with van der Waals surface area (Å²) in [6, 6.07) is 0. The molecule has 3 rings (SSSR count). The van der Waals surface area contributed by atoms with Gasteiger partial charge < -0.3 is 14.6 Å². The molecule has 3 nitrogen and oxygen atoms in total. The molecular weight excluding hydrogens is 264 g/mol. The van der Waals surface area contributed by atoms with Gasteiger partial charge in [-0.3, -0.25) is 0 Å². The molecule has 122 valence electrons. The summed E-state index contributed by atoms with van der Waals surface area (Å²) in [7, 11) is 0. The fourth-order valence-electron chi connectivity index (χ4n) is 5.01. The molecule has 1 heterocycles. The summed E-state index contributed by atoms with van der Waals surface area (Å²) < 4.78 is 11.9. The number of hydrogen-bond donors (Lipinski definition) is 1. The SMILES string of the molecule is CC(C)(O)CCC[C@@H]1CC[C@@]2(CCCC3(C2)OCCO3)C1. The first kappa shape index (κ1) is 15.8. The molecule has 0 aromatic carbocycles. The molecule has 2 spiro atoms. The largest absolute Gasteiger partial charge is 0.390 e. The molecule has 0 unspecified atom stereocenters. The third-order valence-electron chi connectivity index (χ3n) is 5.93. The van der Waals surface area contributed by atoms with Crippen molar-refractivity contribution in [1.82, 2.24) is 0 Å². The summed E-state index contributed by atoms with van der Waals surface area (Å²) in [6.07, 6.45) is 12.3. The van der Waals surface area contributed by atoms with Gasteiger partial charge in [-0.05, 0) is 63.7 Å². The quantitative estimate of drug-likeness (QED) is 0.851. The molecule has 2 atom stereocenters. The standard InChI is InChI=1S/C18H32O3/c1-16(2,19)7-3-5-15-6-10-17(13-15)8-4-9-18(14-17)20-11-12-21-18/h15,19H,3-14H2,1-2H3/t15-,17+/m1/s1. The fraction of sp³-hybridized carbons (Fsp3) is 1.00. The van der Waals surface area contributed by atoms with Crippen molar-refractivity contribution in [3.8, 4) is 0 Å². The van der Waals surface area contributed by atoms with Crippen LogP contribution < -0.4 is 0 Å². The maximum Gasteiger partial charge on any atom is 0.169 e. The normalized spacial score (nSPS) is 35.9. The Kier molecular flexibility index (Phi) is 4.37. The van der Waals surface area contributed by atoms with Gasteiger partial charge in [0.15, 0.2) is 5.79 Å². The van der Waals surface area contributed by atoms with Crippen LogP contribution in [0.15, 0.2) is 0 Å².